The van der Waals surface area contributed by atoms with Crippen molar-refractivity contribution in [3.05, 3.63) is 84.4 Å². The van der Waals surface area contributed by atoms with Gasteiger partial charge in [-0.3, -0.25) is 4.90 Å². The molecule has 0 aliphatic rings. The Hall–Kier alpha value is -2.43. The van der Waals surface area contributed by atoms with Gasteiger partial charge in [-0.25, -0.2) is 4.98 Å². The highest BCUT2D eigenvalue weighted by molar-refractivity contribution is 5.32. The predicted molar refractivity (Wildman–Crippen MR) is 98.0 cm³/mol. The summed E-state index contributed by atoms with van der Waals surface area (Å²) in [6.45, 7) is 3.30. The van der Waals surface area contributed by atoms with Crippen molar-refractivity contribution < 1.29 is 0 Å². The second kappa shape index (κ2) is 8.43. The maximum Gasteiger partial charge on any atom is 0.127 e. The van der Waals surface area contributed by atoms with Crippen LogP contribution in [0, 0.1) is 0 Å². The van der Waals surface area contributed by atoms with Crippen LogP contribution >= 0.6 is 0 Å². The second-order valence-electron chi connectivity index (χ2n) is 5.85. The largest absolute Gasteiger partial charge is 0.329 e. The number of nitrogens with zero attached hydrogens (tertiary/aromatic N) is 3. The Morgan fingerprint density at radius 3 is 2.33 bits per heavy atom. The summed E-state index contributed by atoms with van der Waals surface area (Å²) in [5.74, 6) is 1.04. The smallest absolute Gasteiger partial charge is 0.127 e. The molecule has 3 aromatic rings. The number of hydrogen-bond donors (Lipinski definition) is 1. The Kier molecular flexibility index (Phi) is 5.77. The number of nitrogens with two attached hydrogens (primary N) is 1. The van der Waals surface area contributed by atoms with E-state index < -0.39 is 0 Å². The molecule has 1 aromatic heterocycles. The molecule has 3 rings (SSSR count). The van der Waals surface area contributed by atoms with Crippen molar-refractivity contribution in [2.24, 2.45) is 5.73 Å². The monoisotopic (exact) mass is 320 g/mol. The van der Waals surface area contributed by atoms with E-state index in [1.165, 1.54) is 5.56 Å². The standard InChI is InChI=1S/C20H24N4/c21-12-15-23(14-11-18-7-3-1-4-8-18)17-20-22-13-16-24(20)19-9-5-2-6-10-19/h1-10,13,16H,11-12,14-15,17,21H2. The summed E-state index contributed by atoms with van der Waals surface area (Å²) in [4.78, 5) is 6.92. The minimum absolute atomic E-state index is 0.654. The van der Waals surface area contributed by atoms with Gasteiger partial charge < -0.3 is 10.3 Å². The number of hydrogen-bond acceptors (Lipinski definition) is 3. The molecule has 0 saturated carbocycles. The lowest BCUT2D eigenvalue weighted by Crippen LogP contribution is -2.32. The Bertz CT molecular complexity index is 722. The lowest BCUT2D eigenvalue weighted by atomic mass is 10.1. The van der Waals surface area contributed by atoms with Crippen molar-refractivity contribution in [2.75, 3.05) is 19.6 Å². The molecule has 2 N–H and O–H groups in total. The maximum absolute atomic E-state index is 5.81. The third kappa shape index (κ3) is 4.31. The molecule has 0 saturated heterocycles. The quantitative estimate of drug-likeness (QED) is 0.694. The maximum atomic E-state index is 5.81. The van der Waals surface area contributed by atoms with Crippen LogP contribution in [-0.4, -0.2) is 34.1 Å². The number of para-hydroxylation sites is 1. The third-order valence-corrected chi connectivity index (χ3v) is 4.12. The van der Waals surface area contributed by atoms with Crippen molar-refractivity contribution in [3.8, 4) is 5.69 Å². The van der Waals surface area contributed by atoms with Crippen LogP contribution in [-0.2, 0) is 13.0 Å². The Morgan fingerprint density at radius 1 is 0.917 bits per heavy atom. The molecule has 24 heavy (non-hydrogen) atoms. The van der Waals surface area contributed by atoms with Crippen LogP contribution in [0.5, 0.6) is 0 Å². The predicted octanol–water partition coefficient (Wildman–Crippen LogP) is 2.88. The van der Waals surface area contributed by atoms with Gasteiger partial charge in [0.15, 0.2) is 0 Å². The van der Waals surface area contributed by atoms with Crippen LogP contribution in [0.25, 0.3) is 5.69 Å². The minimum atomic E-state index is 0.654. The van der Waals surface area contributed by atoms with Crippen LogP contribution in [0.2, 0.25) is 0 Å². The molecular formula is C20H24N4. The molecule has 0 amide bonds. The molecule has 1 heterocycles. The highest BCUT2D eigenvalue weighted by Gasteiger charge is 2.11. The van der Waals surface area contributed by atoms with E-state index in [-0.39, 0.29) is 0 Å². The number of aromatic nitrogens is 2. The van der Waals surface area contributed by atoms with Gasteiger partial charge in [0.05, 0.1) is 6.54 Å². The SMILES string of the molecule is NCCN(CCc1ccccc1)Cc1nccn1-c1ccccc1. The Labute approximate surface area is 143 Å². The molecular weight excluding hydrogens is 296 g/mol. The topological polar surface area (TPSA) is 47.1 Å². The zero-order valence-electron chi connectivity index (χ0n) is 13.9. The van der Waals surface area contributed by atoms with Crippen LogP contribution < -0.4 is 5.73 Å². The number of imidazole rings is 1. The highest BCUT2D eigenvalue weighted by Crippen LogP contribution is 2.12. The number of rotatable bonds is 8. The van der Waals surface area contributed by atoms with Gasteiger partial charge in [-0.15, -0.1) is 0 Å². The molecule has 4 nitrogen and oxygen atoms in total. The third-order valence-electron chi connectivity index (χ3n) is 4.12. The van der Waals surface area contributed by atoms with Crippen molar-refractivity contribution >= 4 is 0 Å². The second-order valence-corrected chi connectivity index (χ2v) is 5.85. The first-order valence-electron chi connectivity index (χ1n) is 8.41. The van der Waals surface area contributed by atoms with Crippen LogP contribution in [0.4, 0.5) is 0 Å². The first-order chi connectivity index (χ1) is 11.9. The average Bonchev–Trinajstić information content (AvgIpc) is 3.10. The number of benzene rings is 2. The Balaban J connectivity index is 1.69. The van der Waals surface area contributed by atoms with Crippen molar-refractivity contribution in [3.63, 3.8) is 0 Å². The molecule has 124 valence electrons. The van der Waals surface area contributed by atoms with E-state index >= 15 is 0 Å². The van der Waals surface area contributed by atoms with Gasteiger partial charge in [0, 0.05) is 37.7 Å². The summed E-state index contributed by atoms with van der Waals surface area (Å²) in [5.41, 5.74) is 8.30. The summed E-state index contributed by atoms with van der Waals surface area (Å²) in [6, 6.07) is 20.9. The van der Waals surface area contributed by atoms with Gasteiger partial charge in [-0.1, -0.05) is 48.5 Å². The fourth-order valence-electron chi connectivity index (χ4n) is 2.86. The summed E-state index contributed by atoms with van der Waals surface area (Å²) in [5, 5.41) is 0. The van der Waals surface area contributed by atoms with Gasteiger partial charge >= 0.3 is 0 Å². The molecule has 2 aromatic carbocycles. The van der Waals surface area contributed by atoms with E-state index in [1.54, 1.807) is 0 Å². The lowest BCUT2D eigenvalue weighted by Gasteiger charge is -2.22. The summed E-state index contributed by atoms with van der Waals surface area (Å²) in [6.07, 6.45) is 4.90. The van der Waals surface area contributed by atoms with E-state index in [0.29, 0.717) is 6.54 Å². The van der Waals surface area contributed by atoms with E-state index in [1.807, 2.05) is 30.6 Å². The molecule has 0 aliphatic carbocycles. The van der Waals surface area contributed by atoms with Crippen LogP contribution in [0.1, 0.15) is 11.4 Å². The van der Waals surface area contributed by atoms with E-state index in [0.717, 1.165) is 37.6 Å². The normalized spacial score (nSPS) is 11.1. The molecule has 0 atom stereocenters. The molecule has 0 spiro atoms. The molecule has 0 radical (unpaired) electrons. The molecule has 4 heteroatoms. The van der Waals surface area contributed by atoms with Gasteiger partial charge in [0.2, 0.25) is 0 Å². The molecule has 0 bridgehead atoms. The van der Waals surface area contributed by atoms with Crippen molar-refractivity contribution in [2.45, 2.75) is 13.0 Å². The van der Waals surface area contributed by atoms with Gasteiger partial charge in [0.25, 0.3) is 0 Å². The van der Waals surface area contributed by atoms with E-state index in [9.17, 15) is 0 Å². The van der Waals surface area contributed by atoms with Crippen LogP contribution in [0.3, 0.4) is 0 Å². The van der Waals surface area contributed by atoms with Gasteiger partial charge in [0.1, 0.15) is 5.82 Å². The zero-order chi connectivity index (χ0) is 16.6. The first kappa shape index (κ1) is 16.4. The van der Waals surface area contributed by atoms with Gasteiger partial charge in [-0.05, 0) is 24.1 Å². The van der Waals surface area contributed by atoms with Crippen LogP contribution in [0.15, 0.2) is 73.1 Å². The summed E-state index contributed by atoms with van der Waals surface area (Å²) in [7, 11) is 0. The minimum Gasteiger partial charge on any atom is -0.329 e. The van der Waals surface area contributed by atoms with Crippen molar-refractivity contribution in [1.29, 1.82) is 0 Å². The average molecular weight is 320 g/mol. The fourth-order valence-corrected chi connectivity index (χ4v) is 2.86. The summed E-state index contributed by atoms with van der Waals surface area (Å²) < 4.78 is 2.14. The Morgan fingerprint density at radius 2 is 1.62 bits per heavy atom. The highest BCUT2D eigenvalue weighted by atomic mass is 15.2. The lowest BCUT2D eigenvalue weighted by molar-refractivity contribution is 0.268. The first-order valence-corrected chi connectivity index (χ1v) is 8.41. The van der Waals surface area contributed by atoms with Gasteiger partial charge in [-0.2, -0.15) is 0 Å². The van der Waals surface area contributed by atoms with E-state index in [2.05, 4.69) is 56.9 Å². The molecule has 0 fully saturated rings. The van der Waals surface area contributed by atoms with E-state index in [4.69, 9.17) is 5.73 Å². The van der Waals surface area contributed by atoms with Crippen molar-refractivity contribution in [1.82, 2.24) is 14.5 Å². The molecule has 0 aliphatic heterocycles. The summed E-state index contributed by atoms with van der Waals surface area (Å²) >= 11 is 0. The zero-order valence-corrected chi connectivity index (χ0v) is 13.9. The fraction of sp³-hybridized carbons (Fsp3) is 0.250. The molecule has 0 unspecified atom stereocenters.